The van der Waals surface area contributed by atoms with Gasteiger partial charge in [0.1, 0.15) is 0 Å². The summed E-state index contributed by atoms with van der Waals surface area (Å²) in [4.78, 5) is 11.6. The van der Waals surface area contributed by atoms with E-state index in [1.54, 1.807) is 0 Å². The van der Waals surface area contributed by atoms with E-state index in [-0.39, 0.29) is 11.4 Å². The zero-order valence-corrected chi connectivity index (χ0v) is 10.4. The lowest BCUT2D eigenvalue weighted by molar-refractivity contribution is -0.122. The molecule has 0 radical (unpaired) electrons. The fourth-order valence-corrected chi connectivity index (χ4v) is 1.72. The molecular weight excluding hydrogens is 188 g/mol. The minimum atomic E-state index is -0.0196. The van der Waals surface area contributed by atoms with E-state index in [1.165, 1.54) is 12.8 Å². The summed E-state index contributed by atoms with van der Waals surface area (Å²) in [5.74, 6) is 0.803. The molecule has 15 heavy (non-hydrogen) atoms. The van der Waals surface area contributed by atoms with Crippen LogP contribution in [0.2, 0.25) is 0 Å². The van der Waals surface area contributed by atoms with Crippen LogP contribution >= 0.6 is 0 Å². The van der Waals surface area contributed by atoms with Crippen LogP contribution in [0.15, 0.2) is 0 Å². The fraction of sp³-hybridized carbons (Fsp3) is 0.917. The zero-order valence-electron chi connectivity index (χ0n) is 10.4. The van der Waals surface area contributed by atoms with Gasteiger partial charge in [-0.2, -0.15) is 0 Å². The van der Waals surface area contributed by atoms with Gasteiger partial charge in [-0.05, 0) is 46.0 Å². The van der Waals surface area contributed by atoms with Gasteiger partial charge in [0, 0.05) is 11.6 Å². The third-order valence-electron chi connectivity index (χ3n) is 3.28. The summed E-state index contributed by atoms with van der Waals surface area (Å²) in [6, 6.07) is 0.416. The number of nitrogens with one attached hydrogen (secondary N) is 2. The Morgan fingerprint density at radius 3 is 2.53 bits per heavy atom. The summed E-state index contributed by atoms with van der Waals surface area (Å²) >= 11 is 0. The molecule has 1 amide bonds. The smallest absolute Gasteiger partial charge is 0.234 e. The molecule has 1 fully saturated rings. The zero-order chi connectivity index (χ0) is 11.5. The third kappa shape index (κ3) is 4.20. The molecule has 0 aromatic rings. The van der Waals surface area contributed by atoms with Crippen LogP contribution in [-0.4, -0.2) is 24.0 Å². The van der Waals surface area contributed by atoms with Crippen LogP contribution in [0.4, 0.5) is 0 Å². The van der Waals surface area contributed by atoms with Crippen LogP contribution in [0, 0.1) is 5.92 Å². The van der Waals surface area contributed by atoms with E-state index in [4.69, 9.17) is 0 Å². The molecule has 2 N–H and O–H groups in total. The number of hydrogen-bond acceptors (Lipinski definition) is 2. The van der Waals surface area contributed by atoms with Gasteiger partial charge in [-0.3, -0.25) is 4.79 Å². The molecule has 1 aliphatic carbocycles. The Labute approximate surface area is 93.0 Å². The minimum absolute atomic E-state index is 0.0196. The molecular formula is C12H24N2O. The first kappa shape index (κ1) is 12.5. The Morgan fingerprint density at radius 1 is 1.47 bits per heavy atom. The molecule has 0 aromatic carbocycles. The molecule has 1 aliphatic rings. The Balaban J connectivity index is 2.23. The molecule has 1 rings (SSSR count). The second-order valence-corrected chi connectivity index (χ2v) is 5.23. The highest BCUT2D eigenvalue weighted by molar-refractivity contribution is 5.78. The summed E-state index contributed by atoms with van der Waals surface area (Å²) in [7, 11) is 0. The van der Waals surface area contributed by atoms with Crippen molar-refractivity contribution < 1.29 is 4.79 Å². The van der Waals surface area contributed by atoms with Crippen molar-refractivity contribution in [1.29, 1.82) is 0 Å². The first-order valence-electron chi connectivity index (χ1n) is 6.00. The first-order valence-corrected chi connectivity index (χ1v) is 6.00. The maximum Gasteiger partial charge on any atom is 0.234 e. The Bertz CT molecular complexity index is 222. The second kappa shape index (κ2) is 4.97. The fourth-order valence-electron chi connectivity index (χ4n) is 1.72. The van der Waals surface area contributed by atoms with Crippen LogP contribution < -0.4 is 10.6 Å². The molecule has 1 unspecified atom stereocenters. The molecule has 0 aromatic heterocycles. The van der Waals surface area contributed by atoms with Crippen molar-refractivity contribution in [2.45, 2.75) is 58.5 Å². The highest BCUT2D eigenvalue weighted by Gasteiger charge is 2.38. The van der Waals surface area contributed by atoms with Crippen molar-refractivity contribution in [1.82, 2.24) is 10.6 Å². The van der Waals surface area contributed by atoms with E-state index in [0.29, 0.717) is 18.5 Å². The molecule has 0 aliphatic heterocycles. The number of carbonyl (C=O) groups excluding carboxylic acids is 1. The predicted molar refractivity (Wildman–Crippen MR) is 62.7 cm³/mol. The van der Waals surface area contributed by atoms with Crippen LogP contribution in [0.25, 0.3) is 0 Å². The SMILES string of the molecule is CCC(C)NCC(=O)NC(C)(C)C1CC1. The van der Waals surface area contributed by atoms with E-state index in [0.717, 1.165) is 6.42 Å². The van der Waals surface area contributed by atoms with Crippen molar-refractivity contribution >= 4 is 5.91 Å². The van der Waals surface area contributed by atoms with Crippen LogP contribution in [-0.2, 0) is 4.79 Å². The number of amides is 1. The largest absolute Gasteiger partial charge is 0.350 e. The number of rotatable bonds is 6. The quantitative estimate of drug-likeness (QED) is 0.703. The maximum absolute atomic E-state index is 11.6. The van der Waals surface area contributed by atoms with Crippen molar-refractivity contribution in [3.63, 3.8) is 0 Å². The van der Waals surface area contributed by atoms with E-state index in [2.05, 4.69) is 38.3 Å². The van der Waals surface area contributed by atoms with Crippen LogP contribution in [0.3, 0.4) is 0 Å². The Kier molecular flexibility index (Phi) is 4.14. The molecule has 3 heteroatoms. The van der Waals surface area contributed by atoms with Crippen molar-refractivity contribution in [3.05, 3.63) is 0 Å². The Morgan fingerprint density at radius 2 is 2.07 bits per heavy atom. The van der Waals surface area contributed by atoms with Gasteiger partial charge in [0.05, 0.1) is 6.54 Å². The standard InChI is InChI=1S/C12H24N2O/c1-5-9(2)13-8-11(15)14-12(3,4)10-6-7-10/h9-10,13H,5-8H2,1-4H3,(H,14,15). The van der Waals surface area contributed by atoms with Crippen molar-refractivity contribution in [2.75, 3.05) is 6.54 Å². The molecule has 88 valence electrons. The number of carbonyl (C=O) groups is 1. The van der Waals surface area contributed by atoms with E-state index >= 15 is 0 Å². The predicted octanol–water partition coefficient (Wildman–Crippen LogP) is 1.68. The number of hydrogen-bond donors (Lipinski definition) is 2. The summed E-state index contributed by atoms with van der Waals surface area (Å²) in [6.07, 6.45) is 3.57. The van der Waals surface area contributed by atoms with Gasteiger partial charge in [0.15, 0.2) is 0 Å². The third-order valence-corrected chi connectivity index (χ3v) is 3.28. The summed E-state index contributed by atoms with van der Waals surface area (Å²) in [5.41, 5.74) is -0.0196. The average molecular weight is 212 g/mol. The molecule has 3 nitrogen and oxygen atoms in total. The molecule has 0 saturated heterocycles. The summed E-state index contributed by atoms with van der Waals surface area (Å²) < 4.78 is 0. The highest BCUT2D eigenvalue weighted by Crippen LogP contribution is 2.38. The lowest BCUT2D eigenvalue weighted by atomic mass is 9.99. The maximum atomic E-state index is 11.6. The van der Waals surface area contributed by atoms with Gasteiger partial charge in [-0.1, -0.05) is 6.92 Å². The summed E-state index contributed by atoms with van der Waals surface area (Å²) in [6.45, 7) is 8.88. The second-order valence-electron chi connectivity index (χ2n) is 5.23. The van der Waals surface area contributed by atoms with Gasteiger partial charge < -0.3 is 10.6 Å². The molecule has 1 atom stereocenters. The van der Waals surface area contributed by atoms with Crippen molar-refractivity contribution in [3.8, 4) is 0 Å². The van der Waals surface area contributed by atoms with Gasteiger partial charge >= 0.3 is 0 Å². The Hall–Kier alpha value is -0.570. The molecule has 0 bridgehead atoms. The van der Waals surface area contributed by atoms with Gasteiger partial charge in [0.2, 0.25) is 5.91 Å². The minimum Gasteiger partial charge on any atom is -0.350 e. The molecule has 0 spiro atoms. The topological polar surface area (TPSA) is 41.1 Å². The van der Waals surface area contributed by atoms with E-state index < -0.39 is 0 Å². The lowest BCUT2D eigenvalue weighted by Crippen LogP contribution is -2.49. The van der Waals surface area contributed by atoms with E-state index in [9.17, 15) is 4.79 Å². The van der Waals surface area contributed by atoms with Gasteiger partial charge in [-0.15, -0.1) is 0 Å². The molecule has 1 saturated carbocycles. The molecule has 0 heterocycles. The first-order chi connectivity index (χ1) is 6.95. The van der Waals surface area contributed by atoms with Gasteiger partial charge in [0.25, 0.3) is 0 Å². The highest BCUT2D eigenvalue weighted by atomic mass is 16.2. The van der Waals surface area contributed by atoms with Crippen molar-refractivity contribution in [2.24, 2.45) is 5.92 Å². The monoisotopic (exact) mass is 212 g/mol. The van der Waals surface area contributed by atoms with Crippen LogP contribution in [0.5, 0.6) is 0 Å². The average Bonchev–Trinajstić information content (AvgIpc) is 2.96. The van der Waals surface area contributed by atoms with E-state index in [1.807, 2.05) is 0 Å². The lowest BCUT2D eigenvalue weighted by Gasteiger charge is -2.26. The van der Waals surface area contributed by atoms with Crippen LogP contribution in [0.1, 0.15) is 47.0 Å². The van der Waals surface area contributed by atoms with Gasteiger partial charge in [-0.25, -0.2) is 0 Å². The summed E-state index contributed by atoms with van der Waals surface area (Å²) in [5, 5.41) is 6.30. The normalized spacial score (nSPS) is 18.7.